The van der Waals surface area contributed by atoms with Crippen LogP contribution in [-0.2, 0) is 0 Å². The monoisotopic (exact) mass is 201 g/mol. The van der Waals surface area contributed by atoms with Gasteiger partial charge in [-0.05, 0) is 48.8 Å². The molecule has 1 aromatic carbocycles. The number of nitrogens with one attached hydrogen (secondary N) is 1. The number of hydrogen-bond acceptors (Lipinski definition) is 1. The van der Waals surface area contributed by atoms with Gasteiger partial charge in [-0.15, -0.1) is 0 Å². The largest absolute Gasteiger partial charge is 0.310 e. The van der Waals surface area contributed by atoms with Gasteiger partial charge in [0.05, 0.1) is 0 Å². The second kappa shape index (κ2) is 3.64. The normalized spacial score (nSPS) is 30.7. The van der Waals surface area contributed by atoms with Crippen molar-refractivity contribution in [1.29, 1.82) is 0 Å². The Bertz CT molecular complexity index is 337. The van der Waals surface area contributed by atoms with E-state index in [4.69, 9.17) is 0 Å². The quantitative estimate of drug-likeness (QED) is 0.774. The molecule has 0 spiro atoms. The minimum Gasteiger partial charge on any atom is -0.310 e. The first-order valence-electron chi connectivity index (χ1n) is 6.18. The molecule has 1 saturated carbocycles. The highest BCUT2D eigenvalue weighted by molar-refractivity contribution is 5.30. The Hall–Kier alpha value is -0.820. The molecule has 80 valence electrons. The van der Waals surface area contributed by atoms with Gasteiger partial charge in [-0.1, -0.05) is 31.2 Å². The molecule has 0 amide bonds. The van der Waals surface area contributed by atoms with E-state index in [1.54, 1.807) is 5.56 Å². The third-order valence-corrected chi connectivity index (χ3v) is 3.88. The van der Waals surface area contributed by atoms with E-state index in [1.807, 2.05) is 0 Å². The lowest BCUT2D eigenvalue weighted by molar-refractivity contribution is 0.503. The topological polar surface area (TPSA) is 12.0 Å². The van der Waals surface area contributed by atoms with Crippen LogP contribution in [0, 0.1) is 5.92 Å². The predicted octanol–water partition coefficient (Wildman–Crippen LogP) is 3.23. The summed E-state index contributed by atoms with van der Waals surface area (Å²) in [5, 5.41) is 3.59. The molecule has 15 heavy (non-hydrogen) atoms. The third kappa shape index (κ3) is 1.81. The van der Waals surface area contributed by atoms with Gasteiger partial charge in [-0.25, -0.2) is 0 Å². The lowest BCUT2D eigenvalue weighted by Gasteiger charge is -2.16. The van der Waals surface area contributed by atoms with Crippen molar-refractivity contribution in [2.75, 3.05) is 6.54 Å². The molecule has 1 aromatic rings. The molecule has 3 rings (SSSR count). The maximum atomic E-state index is 3.59. The molecule has 0 bridgehead atoms. The van der Waals surface area contributed by atoms with Gasteiger partial charge in [-0.2, -0.15) is 0 Å². The summed E-state index contributed by atoms with van der Waals surface area (Å²) >= 11 is 0. The Kier molecular flexibility index (Phi) is 2.28. The van der Waals surface area contributed by atoms with Crippen LogP contribution in [0.1, 0.15) is 49.3 Å². The SMILES string of the molecule is CC1CCNC1c1ccc(C2CC2)cc1. The van der Waals surface area contributed by atoms with Crippen molar-refractivity contribution in [3.63, 3.8) is 0 Å². The van der Waals surface area contributed by atoms with Crippen LogP contribution in [0.2, 0.25) is 0 Å². The van der Waals surface area contributed by atoms with Gasteiger partial charge >= 0.3 is 0 Å². The molecule has 1 aliphatic carbocycles. The molecule has 1 aliphatic heterocycles. The highest BCUT2D eigenvalue weighted by atomic mass is 14.9. The smallest absolute Gasteiger partial charge is 0.0346 e. The van der Waals surface area contributed by atoms with Crippen molar-refractivity contribution in [3.05, 3.63) is 35.4 Å². The van der Waals surface area contributed by atoms with Crippen LogP contribution in [0.4, 0.5) is 0 Å². The summed E-state index contributed by atoms with van der Waals surface area (Å²) in [5.74, 6) is 1.67. The summed E-state index contributed by atoms with van der Waals surface area (Å²) < 4.78 is 0. The zero-order valence-corrected chi connectivity index (χ0v) is 9.37. The van der Waals surface area contributed by atoms with Crippen LogP contribution in [-0.4, -0.2) is 6.54 Å². The fraction of sp³-hybridized carbons (Fsp3) is 0.571. The zero-order valence-electron chi connectivity index (χ0n) is 9.37. The first kappa shape index (κ1) is 9.41. The number of rotatable bonds is 2. The van der Waals surface area contributed by atoms with Crippen molar-refractivity contribution in [1.82, 2.24) is 5.32 Å². The van der Waals surface area contributed by atoms with E-state index in [9.17, 15) is 0 Å². The maximum Gasteiger partial charge on any atom is 0.0346 e. The summed E-state index contributed by atoms with van der Waals surface area (Å²) in [6.07, 6.45) is 4.11. The van der Waals surface area contributed by atoms with Gasteiger partial charge in [0, 0.05) is 6.04 Å². The first-order valence-corrected chi connectivity index (χ1v) is 6.18. The Morgan fingerprint density at radius 3 is 2.20 bits per heavy atom. The highest BCUT2D eigenvalue weighted by Gasteiger charge is 2.26. The Morgan fingerprint density at radius 1 is 1.00 bits per heavy atom. The van der Waals surface area contributed by atoms with E-state index in [1.165, 1.54) is 31.4 Å². The fourth-order valence-corrected chi connectivity index (χ4v) is 2.67. The Labute approximate surface area is 91.9 Å². The van der Waals surface area contributed by atoms with E-state index >= 15 is 0 Å². The minimum atomic E-state index is 0.596. The highest BCUT2D eigenvalue weighted by Crippen LogP contribution is 2.40. The molecule has 2 unspecified atom stereocenters. The molecule has 2 atom stereocenters. The van der Waals surface area contributed by atoms with Crippen LogP contribution in [0.25, 0.3) is 0 Å². The molecular weight excluding hydrogens is 182 g/mol. The van der Waals surface area contributed by atoms with Crippen molar-refractivity contribution in [3.8, 4) is 0 Å². The maximum absolute atomic E-state index is 3.59. The summed E-state index contributed by atoms with van der Waals surface area (Å²) in [7, 11) is 0. The molecule has 0 aromatic heterocycles. The van der Waals surface area contributed by atoms with Crippen molar-refractivity contribution >= 4 is 0 Å². The molecule has 1 nitrogen and oxygen atoms in total. The van der Waals surface area contributed by atoms with Gasteiger partial charge in [-0.3, -0.25) is 0 Å². The molecule has 2 aliphatic rings. The van der Waals surface area contributed by atoms with E-state index in [0.29, 0.717) is 6.04 Å². The van der Waals surface area contributed by atoms with Gasteiger partial charge < -0.3 is 5.32 Å². The predicted molar refractivity (Wildman–Crippen MR) is 62.9 cm³/mol. The second-order valence-electron chi connectivity index (χ2n) is 5.14. The van der Waals surface area contributed by atoms with E-state index in [-0.39, 0.29) is 0 Å². The number of benzene rings is 1. The molecular formula is C14H19N. The molecule has 1 heteroatoms. The van der Waals surface area contributed by atoms with Crippen molar-refractivity contribution in [2.45, 2.75) is 38.1 Å². The van der Waals surface area contributed by atoms with Crippen LogP contribution in [0.15, 0.2) is 24.3 Å². The average molecular weight is 201 g/mol. The average Bonchev–Trinajstić information content (AvgIpc) is 3.02. The van der Waals surface area contributed by atoms with Crippen LogP contribution in [0.3, 0.4) is 0 Å². The van der Waals surface area contributed by atoms with Crippen molar-refractivity contribution in [2.24, 2.45) is 5.92 Å². The van der Waals surface area contributed by atoms with Gasteiger partial charge in [0.1, 0.15) is 0 Å². The molecule has 1 N–H and O–H groups in total. The molecule has 0 radical (unpaired) electrons. The standard InChI is InChI=1S/C14H19N/c1-10-8-9-15-14(10)13-6-4-12(5-7-13)11-2-3-11/h4-7,10-11,14-15H,2-3,8-9H2,1H3. The molecule has 1 saturated heterocycles. The van der Waals surface area contributed by atoms with Gasteiger partial charge in [0.15, 0.2) is 0 Å². The minimum absolute atomic E-state index is 0.596. The second-order valence-corrected chi connectivity index (χ2v) is 5.14. The third-order valence-electron chi connectivity index (χ3n) is 3.88. The fourth-order valence-electron chi connectivity index (χ4n) is 2.67. The van der Waals surface area contributed by atoms with Gasteiger partial charge in [0.25, 0.3) is 0 Å². The lowest BCUT2D eigenvalue weighted by atomic mass is 9.95. The summed E-state index contributed by atoms with van der Waals surface area (Å²) in [5.41, 5.74) is 3.02. The van der Waals surface area contributed by atoms with Gasteiger partial charge in [0.2, 0.25) is 0 Å². The molecule has 1 heterocycles. The van der Waals surface area contributed by atoms with Crippen molar-refractivity contribution < 1.29 is 0 Å². The Morgan fingerprint density at radius 2 is 1.67 bits per heavy atom. The van der Waals surface area contributed by atoms with Crippen LogP contribution >= 0.6 is 0 Å². The molecule has 2 fully saturated rings. The van der Waals surface area contributed by atoms with E-state index in [2.05, 4.69) is 36.5 Å². The first-order chi connectivity index (χ1) is 7.34. The summed E-state index contributed by atoms with van der Waals surface area (Å²) in [6.45, 7) is 3.52. The summed E-state index contributed by atoms with van der Waals surface area (Å²) in [4.78, 5) is 0. The Balaban J connectivity index is 1.79. The van der Waals surface area contributed by atoms with E-state index < -0.39 is 0 Å². The lowest BCUT2D eigenvalue weighted by Crippen LogP contribution is -2.16. The zero-order chi connectivity index (χ0) is 10.3. The van der Waals surface area contributed by atoms with Crippen LogP contribution < -0.4 is 5.32 Å². The number of hydrogen-bond donors (Lipinski definition) is 1. The van der Waals surface area contributed by atoms with E-state index in [0.717, 1.165) is 11.8 Å². The van der Waals surface area contributed by atoms with Crippen LogP contribution in [0.5, 0.6) is 0 Å². The summed E-state index contributed by atoms with van der Waals surface area (Å²) in [6, 6.07) is 9.91.